The number of rotatable bonds is 8. The molecule has 1 fully saturated rings. The molecule has 1 heterocycles. The minimum Gasteiger partial charge on any atom is -0.444 e. The predicted molar refractivity (Wildman–Crippen MR) is 137 cm³/mol. The number of benzene rings is 1. The quantitative estimate of drug-likeness (QED) is 0.477. The predicted octanol–water partition coefficient (Wildman–Crippen LogP) is 3.65. The Bertz CT molecular complexity index is 1220. The van der Waals surface area contributed by atoms with E-state index in [4.69, 9.17) is 10.5 Å². The monoisotopic (exact) mass is 532 g/mol. The van der Waals surface area contributed by atoms with Crippen molar-refractivity contribution in [1.82, 2.24) is 15.2 Å². The van der Waals surface area contributed by atoms with Gasteiger partial charge in [-0.1, -0.05) is 43.5 Å². The summed E-state index contributed by atoms with van der Waals surface area (Å²) in [6, 6.07) is 8.17. The van der Waals surface area contributed by atoms with Crippen LogP contribution in [-0.2, 0) is 20.7 Å². The maximum Gasteiger partial charge on any atom is 0.408 e. The fourth-order valence-corrected chi connectivity index (χ4v) is 4.48. The van der Waals surface area contributed by atoms with Crippen molar-refractivity contribution in [3.8, 4) is 11.1 Å². The van der Waals surface area contributed by atoms with Crippen molar-refractivity contribution in [2.45, 2.75) is 83.0 Å². The van der Waals surface area contributed by atoms with E-state index >= 15 is 0 Å². The van der Waals surface area contributed by atoms with Gasteiger partial charge in [0.25, 0.3) is 5.56 Å². The van der Waals surface area contributed by atoms with E-state index in [1.807, 2.05) is 0 Å². The van der Waals surface area contributed by atoms with Gasteiger partial charge in [0.1, 0.15) is 17.2 Å². The number of amides is 3. The summed E-state index contributed by atoms with van der Waals surface area (Å²) < 4.78 is 31.8. The summed E-state index contributed by atoms with van der Waals surface area (Å²) in [7, 11) is 0. The normalized spacial score (nSPS) is 15.9. The number of carbonyl (C=O) groups excluding carboxylic acids is 3. The number of aromatic nitrogens is 1. The van der Waals surface area contributed by atoms with Crippen molar-refractivity contribution in [2.75, 3.05) is 0 Å². The molecule has 2 aromatic rings. The molecule has 1 aromatic carbocycles. The molecule has 3 rings (SSSR count). The molecule has 38 heavy (non-hydrogen) atoms. The molecule has 1 unspecified atom stereocenters. The van der Waals surface area contributed by atoms with Crippen LogP contribution in [0.4, 0.5) is 13.6 Å². The Kier molecular flexibility index (Phi) is 8.90. The van der Waals surface area contributed by atoms with E-state index in [1.54, 1.807) is 45.0 Å². The molecule has 1 aliphatic carbocycles. The number of nitrogens with one attached hydrogen (secondary N) is 2. The van der Waals surface area contributed by atoms with Gasteiger partial charge in [0.05, 0.1) is 0 Å². The van der Waals surface area contributed by atoms with E-state index in [0.29, 0.717) is 34.1 Å². The topological polar surface area (TPSA) is 133 Å². The van der Waals surface area contributed by atoms with Gasteiger partial charge in [0.2, 0.25) is 11.8 Å². The number of hydrogen-bond donors (Lipinski definition) is 3. The lowest BCUT2D eigenvalue weighted by atomic mass is 9.80. The second-order valence-electron chi connectivity index (χ2n) is 10.5. The van der Waals surface area contributed by atoms with Crippen LogP contribution in [0.1, 0.15) is 65.0 Å². The molecule has 0 saturated heterocycles. The Morgan fingerprint density at radius 1 is 1.03 bits per heavy atom. The molecule has 0 bridgehead atoms. The molecule has 1 aromatic heterocycles. The standard InChI is InChI=1S/C27H34F2N4O5/c1-26(2,3)38-25(37)32-27(13-5-4-6-14-27)23(36)31-20(22(30)35)15-17-7-9-18(10-8-17)19-11-12-21(34)33(16-19)24(28)29/h7-12,16,20,24H,4-6,13-15H2,1-3H3,(H2,30,35)(H,31,36)(H,32,37). The van der Waals surface area contributed by atoms with Crippen LogP contribution < -0.4 is 21.9 Å². The molecule has 1 aliphatic rings. The molecular formula is C27H34F2N4O5. The highest BCUT2D eigenvalue weighted by molar-refractivity contribution is 5.94. The third-order valence-electron chi connectivity index (χ3n) is 6.41. The summed E-state index contributed by atoms with van der Waals surface area (Å²) in [5.74, 6) is -1.24. The van der Waals surface area contributed by atoms with Gasteiger partial charge in [-0.2, -0.15) is 8.78 Å². The lowest BCUT2D eigenvalue weighted by Crippen LogP contribution is -2.63. The molecule has 9 nitrogen and oxygen atoms in total. The maximum atomic E-state index is 13.4. The average Bonchev–Trinajstić information content (AvgIpc) is 2.83. The first-order chi connectivity index (χ1) is 17.8. The van der Waals surface area contributed by atoms with Gasteiger partial charge < -0.3 is 21.1 Å². The second kappa shape index (κ2) is 11.7. The van der Waals surface area contributed by atoms with Gasteiger partial charge in [0, 0.05) is 18.7 Å². The summed E-state index contributed by atoms with van der Waals surface area (Å²) in [6.45, 7) is 2.22. The summed E-state index contributed by atoms with van der Waals surface area (Å²) in [4.78, 5) is 49.8. The van der Waals surface area contributed by atoms with Gasteiger partial charge in [-0.05, 0) is 56.4 Å². The molecule has 0 radical (unpaired) electrons. The number of alkyl halides is 2. The second-order valence-corrected chi connectivity index (χ2v) is 10.5. The Morgan fingerprint density at radius 2 is 1.63 bits per heavy atom. The lowest BCUT2D eigenvalue weighted by molar-refractivity contribution is -0.133. The van der Waals surface area contributed by atoms with Crippen molar-refractivity contribution < 1.29 is 27.9 Å². The highest BCUT2D eigenvalue weighted by atomic mass is 19.3. The fraction of sp³-hybridized carbons (Fsp3) is 0.481. The molecule has 1 atom stereocenters. The summed E-state index contributed by atoms with van der Waals surface area (Å²) >= 11 is 0. The largest absolute Gasteiger partial charge is 0.444 e. The molecule has 1 saturated carbocycles. The first-order valence-electron chi connectivity index (χ1n) is 12.5. The Hall–Kier alpha value is -3.76. The van der Waals surface area contributed by atoms with Gasteiger partial charge in [-0.15, -0.1) is 0 Å². The van der Waals surface area contributed by atoms with E-state index in [2.05, 4.69) is 10.6 Å². The zero-order valence-corrected chi connectivity index (χ0v) is 21.8. The van der Waals surface area contributed by atoms with Gasteiger partial charge >= 0.3 is 12.6 Å². The zero-order chi connectivity index (χ0) is 28.1. The Morgan fingerprint density at radius 3 is 2.18 bits per heavy atom. The number of primary amides is 1. The van der Waals surface area contributed by atoms with Crippen LogP contribution in [0.5, 0.6) is 0 Å². The summed E-state index contributed by atoms with van der Waals surface area (Å²) in [6.07, 6.45) is 3.63. The number of nitrogens with zero attached hydrogens (tertiary/aromatic N) is 1. The van der Waals surface area contributed by atoms with Crippen molar-refractivity contribution >= 4 is 17.9 Å². The smallest absolute Gasteiger partial charge is 0.408 e. The Labute approximate surface area is 219 Å². The van der Waals surface area contributed by atoms with E-state index in [-0.39, 0.29) is 6.42 Å². The van der Waals surface area contributed by atoms with Gasteiger partial charge in [-0.3, -0.25) is 19.0 Å². The van der Waals surface area contributed by atoms with Gasteiger partial charge in [0.15, 0.2) is 0 Å². The van der Waals surface area contributed by atoms with Crippen LogP contribution in [0, 0.1) is 0 Å². The van der Waals surface area contributed by atoms with Gasteiger partial charge in [-0.25, -0.2) is 4.79 Å². The summed E-state index contributed by atoms with van der Waals surface area (Å²) in [5, 5.41) is 5.45. The lowest BCUT2D eigenvalue weighted by Gasteiger charge is -2.37. The molecule has 0 aliphatic heterocycles. The molecule has 3 amide bonds. The van der Waals surface area contributed by atoms with Crippen LogP contribution in [0.3, 0.4) is 0 Å². The Balaban J connectivity index is 1.75. The first-order valence-corrected chi connectivity index (χ1v) is 12.5. The van der Waals surface area contributed by atoms with E-state index in [0.717, 1.165) is 31.5 Å². The number of ether oxygens (including phenoxy) is 1. The zero-order valence-electron chi connectivity index (χ0n) is 21.8. The highest BCUT2D eigenvalue weighted by Crippen LogP contribution is 2.29. The third kappa shape index (κ3) is 7.39. The van der Waals surface area contributed by atoms with Crippen LogP contribution >= 0.6 is 0 Å². The van der Waals surface area contributed by atoms with Crippen LogP contribution in [0.2, 0.25) is 0 Å². The number of halogens is 2. The van der Waals surface area contributed by atoms with Crippen molar-refractivity contribution in [3.05, 3.63) is 58.5 Å². The number of carbonyl (C=O) groups is 3. The van der Waals surface area contributed by atoms with E-state index in [9.17, 15) is 28.0 Å². The molecule has 206 valence electrons. The molecule has 4 N–H and O–H groups in total. The van der Waals surface area contributed by atoms with Crippen LogP contribution in [0.15, 0.2) is 47.4 Å². The minimum absolute atomic E-state index is 0.0837. The third-order valence-corrected chi connectivity index (χ3v) is 6.41. The molecular weight excluding hydrogens is 498 g/mol. The highest BCUT2D eigenvalue weighted by Gasteiger charge is 2.43. The van der Waals surface area contributed by atoms with Crippen LogP contribution in [0.25, 0.3) is 11.1 Å². The number of nitrogens with two attached hydrogens (primary N) is 1. The van der Waals surface area contributed by atoms with Crippen molar-refractivity contribution in [3.63, 3.8) is 0 Å². The SMILES string of the molecule is CC(C)(C)OC(=O)NC1(C(=O)NC(Cc2ccc(-c3ccc(=O)n(C(F)F)c3)cc2)C(N)=O)CCCCC1. The number of pyridine rings is 1. The minimum atomic E-state index is -2.96. The van der Waals surface area contributed by atoms with Crippen molar-refractivity contribution in [1.29, 1.82) is 0 Å². The average molecular weight is 533 g/mol. The van der Waals surface area contributed by atoms with E-state index in [1.165, 1.54) is 6.07 Å². The van der Waals surface area contributed by atoms with E-state index < -0.39 is 47.2 Å². The number of hydrogen-bond acceptors (Lipinski definition) is 5. The molecule has 11 heteroatoms. The fourth-order valence-electron chi connectivity index (χ4n) is 4.48. The first kappa shape index (κ1) is 28.8. The number of alkyl carbamates (subject to hydrolysis) is 1. The summed E-state index contributed by atoms with van der Waals surface area (Å²) in [5.41, 5.74) is 4.51. The maximum absolute atomic E-state index is 13.4. The van der Waals surface area contributed by atoms with Crippen molar-refractivity contribution in [2.24, 2.45) is 5.73 Å². The molecule has 0 spiro atoms. The van der Waals surface area contributed by atoms with Crippen LogP contribution in [-0.4, -0.2) is 39.7 Å².